The number of benzene rings is 1. The summed E-state index contributed by atoms with van der Waals surface area (Å²) in [6.45, 7) is 1.65. The third-order valence-electron chi connectivity index (χ3n) is 3.68. The molecule has 0 bridgehead atoms. The number of nitrogens with one attached hydrogen (secondary N) is 1. The minimum atomic E-state index is -4.33. The van der Waals surface area contributed by atoms with Crippen LogP contribution in [0.25, 0.3) is 11.0 Å². The molecule has 0 unspecified atom stereocenters. The standard InChI is InChI=1S/C13H14F3N3/c1-6-2-8(13(14,15)16)5-10-11(6)19-12(18-10)7-3-9(17)4-7/h2,5,7,9H,3-4,17H2,1H3,(H,18,19). The molecule has 2 aromatic rings. The van der Waals surface area contributed by atoms with Gasteiger partial charge in [0.25, 0.3) is 0 Å². The summed E-state index contributed by atoms with van der Waals surface area (Å²) in [5.41, 5.74) is 6.68. The van der Waals surface area contributed by atoms with Crippen molar-refractivity contribution in [1.82, 2.24) is 9.97 Å². The number of H-pyrrole nitrogens is 1. The zero-order valence-electron chi connectivity index (χ0n) is 10.4. The van der Waals surface area contributed by atoms with Gasteiger partial charge in [-0.15, -0.1) is 0 Å². The number of nitrogens with two attached hydrogens (primary N) is 1. The van der Waals surface area contributed by atoms with E-state index in [-0.39, 0.29) is 12.0 Å². The Morgan fingerprint density at radius 3 is 2.58 bits per heavy atom. The van der Waals surface area contributed by atoms with E-state index in [2.05, 4.69) is 9.97 Å². The summed E-state index contributed by atoms with van der Waals surface area (Å²) in [6, 6.07) is 2.45. The Balaban J connectivity index is 2.05. The Bertz CT molecular complexity index is 624. The summed E-state index contributed by atoms with van der Waals surface area (Å²) in [7, 11) is 0. The van der Waals surface area contributed by atoms with E-state index in [1.807, 2.05) is 0 Å². The van der Waals surface area contributed by atoms with E-state index < -0.39 is 11.7 Å². The second-order valence-electron chi connectivity index (χ2n) is 5.24. The lowest BCUT2D eigenvalue weighted by atomic mass is 9.80. The van der Waals surface area contributed by atoms with Gasteiger partial charge in [-0.1, -0.05) is 0 Å². The fraction of sp³-hybridized carbons (Fsp3) is 0.462. The van der Waals surface area contributed by atoms with E-state index in [4.69, 9.17) is 5.73 Å². The fourth-order valence-electron chi connectivity index (χ4n) is 2.55. The van der Waals surface area contributed by atoms with Crippen LogP contribution < -0.4 is 5.73 Å². The molecule has 0 atom stereocenters. The van der Waals surface area contributed by atoms with E-state index in [1.54, 1.807) is 6.92 Å². The number of rotatable bonds is 1. The third-order valence-corrected chi connectivity index (χ3v) is 3.68. The number of aromatic nitrogens is 2. The molecule has 3 nitrogen and oxygen atoms in total. The Hall–Kier alpha value is -1.56. The number of hydrogen-bond donors (Lipinski definition) is 2. The van der Waals surface area contributed by atoms with Crippen molar-refractivity contribution < 1.29 is 13.2 Å². The summed E-state index contributed by atoms with van der Waals surface area (Å²) in [6.07, 6.45) is -2.65. The molecule has 19 heavy (non-hydrogen) atoms. The largest absolute Gasteiger partial charge is 0.416 e. The highest BCUT2D eigenvalue weighted by atomic mass is 19.4. The second-order valence-corrected chi connectivity index (χ2v) is 5.24. The first-order chi connectivity index (χ1) is 8.84. The minimum absolute atomic E-state index is 0.185. The molecule has 0 saturated heterocycles. The lowest BCUT2D eigenvalue weighted by Crippen LogP contribution is -2.35. The zero-order chi connectivity index (χ0) is 13.8. The van der Waals surface area contributed by atoms with Gasteiger partial charge in [0.15, 0.2) is 0 Å². The van der Waals surface area contributed by atoms with E-state index in [1.165, 1.54) is 0 Å². The average molecular weight is 269 g/mol. The van der Waals surface area contributed by atoms with Crippen molar-refractivity contribution >= 4 is 11.0 Å². The number of hydrogen-bond acceptors (Lipinski definition) is 2. The smallest absolute Gasteiger partial charge is 0.342 e. The van der Waals surface area contributed by atoms with Crippen LogP contribution in [-0.4, -0.2) is 16.0 Å². The van der Waals surface area contributed by atoms with Crippen molar-refractivity contribution in [3.63, 3.8) is 0 Å². The molecule has 0 aliphatic heterocycles. The van der Waals surface area contributed by atoms with Crippen LogP contribution in [-0.2, 0) is 6.18 Å². The highest BCUT2D eigenvalue weighted by Crippen LogP contribution is 2.37. The molecule has 3 N–H and O–H groups in total. The lowest BCUT2D eigenvalue weighted by molar-refractivity contribution is -0.137. The Labute approximate surface area is 108 Å². The van der Waals surface area contributed by atoms with Gasteiger partial charge in [-0.2, -0.15) is 13.2 Å². The van der Waals surface area contributed by atoms with Gasteiger partial charge in [0.05, 0.1) is 16.6 Å². The molecule has 1 aliphatic carbocycles. The van der Waals surface area contributed by atoms with E-state index in [0.717, 1.165) is 30.8 Å². The van der Waals surface area contributed by atoms with Crippen molar-refractivity contribution in [2.24, 2.45) is 5.73 Å². The predicted molar refractivity (Wildman–Crippen MR) is 65.8 cm³/mol. The summed E-state index contributed by atoms with van der Waals surface area (Å²) in [5.74, 6) is 0.996. The number of aryl methyl sites for hydroxylation is 1. The van der Waals surface area contributed by atoms with Crippen molar-refractivity contribution in [2.75, 3.05) is 0 Å². The molecular weight excluding hydrogens is 255 g/mol. The van der Waals surface area contributed by atoms with Gasteiger partial charge >= 0.3 is 6.18 Å². The second kappa shape index (κ2) is 3.96. The molecule has 3 rings (SSSR count). The summed E-state index contributed by atoms with van der Waals surface area (Å²) >= 11 is 0. The molecule has 0 amide bonds. The monoisotopic (exact) mass is 269 g/mol. The van der Waals surface area contributed by atoms with Crippen LogP contribution in [0.4, 0.5) is 13.2 Å². The molecule has 1 aromatic carbocycles. The first-order valence-corrected chi connectivity index (χ1v) is 6.17. The van der Waals surface area contributed by atoms with Gasteiger partial charge in [-0.25, -0.2) is 4.98 Å². The number of nitrogens with zero attached hydrogens (tertiary/aromatic N) is 1. The maximum absolute atomic E-state index is 12.7. The average Bonchev–Trinajstić information content (AvgIpc) is 2.67. The quantitative estimate of drug-likeness (QED) is 0.835. The maximum atomic E-state index is 12.7. The fourth-order valence-corrected chi connectivity index (χ4v) is 2.55. The van der Waals surface area contributed by atoms with Crippen molar-refractivity contribution in [2.45, 2.75) is 37.9 Å². The number of fused-ring (bicyclic) bond motifs is 1. The van der Waals surface area contributed by atoms with Crippen LogP contribution in [0.1, 0.15) is 35.7 Å². The van der Waals surface area contributed by atoms with Crippen molar-refractivity contribution in [3.05, 3.63) is 29.1 Å². The van der Waals surface area contributed by atoms with E-state index >= 15 is 0 Å². The van der Waals surface area contributed by atoms with Gasteiger partial charge < -0.3 is 10.7 Å². The van der Waals surface area contributed by atoms with Crippen LogP contribution in [0, 0.1) is 6.92 Å². The van der Waals surface area contributed by atoms with E-state index in [9.17, 15) is 13.2 Å². The Morgan fingerprint density at radius 2 is 2.00 bits per heavy atom. The number of aromatic amines is 1. The van der Waals surface area contributed by atoms with Gasteiger partial charge in [0, 0.05) is 12.0 Å². The van der Waals surface area contributed by atoms with Gasteiger partial charge in [-0.05, 0) is 37.5 Å². The molecular formula is C13H14F3N3. The highest BCUT2D eigenvalue weighted by Gasteiger charge is 2.33. The minimum Gasteiger partial charge on any atom is -0.342 e. The maximum Gasteiger partial charge on any atom is 0.416 e. The number of alkyl halides is 3. The lowest BCUT2D eigenvalue weighted by Gasteiger charge is -2.30. The first kappa shape index (κ1) is 12.5. The Morgan fingerprint density at radius 1 is 1.32 bits per heavy atom. The summed E-state index contributed by atoms with van der Waals surface area (Å²) in [5, 5.41) is 0. The van der Waals surface area contributed by atoms with Crippen LogP contribution in [0.15, 0.2) is 12.1 Å². The Kier molecular flexibility index (Phi) is 2.60. The first-order valence-electron chi connectivity index (χ1n) is 6.17. The number of halogens is 3. The van der Waals surface area contributed by atoms with E-state index in [0.29, 0.717) is 16.6 Å². The molecule has 0 radical (unpaired) electrons. The van der Waals surface area contributed by atoms with Crippen LogP contribution in [0.3, 0.4) is 0 Å². The normalized spacial score (nSPS) is 23.6. The van der Waals surface area contributed by atoms with Gasteiger partial charge in [0.2, 0.25) is 0 Å². The van der Waals surface area contributed by atoms with Crippen molar-refractivity contribution in [1.29, 1.82) is 0 Å². The molecule has 1 saturated carbocycles. The molecule has 1 aromatic heterocycles. The van der Waals surface area contributed by atoms with Gasteiger partial charge in [0.1, 0.15) is 5.82 Å². The van der Waals surface area contributed by atoms with Crippen LogP contribution in [0.5, 0.6) is 0 Å². The summed E-state index contributed by atoms with van der Waals surface area (Å²) < 4.78 is 38.2. The van der Waals surface area contributed by atoms with Gasteiger partial charge in [-0.3, -0.25) is 0 Å². The zero-order valence-corrected chi connectivity index (χ0v) is 10.4. The molecule has 6 heteroatoms. The summed E-state index contributed by atoms with van der Waals surface area (Å²) in [4.78, 5) is 7.42. The SMILES string of the molecule is Cc1cc(C(F)(F)F)cc2[nH]c(C3CC(N)C3)nc12. The number of imidazole rings is 1. The topological polar surface area (TPSA) is 54.7 Å². The van der Waals surface area contributed by atoms with Crippen LogP contribution >= 0.6 is 0 Å². The van der Waals surface area contributed by atoms with Crippen LogP contribution in [0.2, 0.25) is 0 Å². The predicted octanol–water partition coefficient (Wildman–Crippen LogP) is 3.09. The highest BCUT2D eigenvalue weighted by molar-refractivity contribution is 5.80. The molecule has 1 aliphatic rings. The molecule has 102 valence electrons. The third kappa shape index (κ3) is 2.10. The molecule has 1 fully saturated rings. The molecule has 0 spiro atoms. The van der Waals surface area contributed by atoms with Crippen molar-refractivity contribution in [3.8, 4) is 0 Å². The molecule has 1 heterocycles.